The molecule has 0 aliphatic rings. The van der Waals surface area contributed by atoms with E-state index < -0.39 is 11.9 Å². The number of carboxylic acid groups (broad SMARTS) is 2. The molecule has 8 heteroatoms. The van der Waals surface area contributed by atoms with E-state index >= 15 is 0 Å². The number of benzene rings is 1. The minimum absolute atomic E-state index is 0.0937. The first-order chi connectivity index (χ1) is 11.9. The van der Waals surface area contributed by atoms with Gasteiger partial charge in [0.2, 0.25) is 0 Å². The highest BCUT2D eigenvalue weighted by Gasteiger charge is 2.15. The molecular formula is C17H14N4O4. The van der Waals surface area contributed by atoms with E-state index in [2.05, 4.69) is 15.2 Å². The fraction of sp³-hybridized carbons (Fsp3) is 0.118. The molecule has 0 fully saturated rings. The highest BCUT2D eigenvalue weighted by molar-refractivity contribution is 5.88. The van der Waals surface area contributed by atoms with E-state index in [1.54, 1.807) is 28.8 Å². The zero-order valence-corrected chi connectivity index (χ0v) is 13.2. The van der Waals surface area contributed by atoms with Crippen LogP contribution in [0.5, 0.6) is 0 Å². The number of azo groups is 1. The molecule has 25 heavy (non-hydrogen) atoms. The third-order valence-electron chi connectivity index (χ3n) is 3.48. The van der Waals surface area contributed by atoms with Gasteiger partial charge in [0.15, 0.2) is 5.82 Å². The summed E-state index contributed by atoms with van der Waals surface area (Å²) in [5, 5.41) is 26.3. The molecule has 0 bridgehead atoms. The van der Waals surface area contributed by atoms with Crippen molar-refractivity contribution < 1.29 is 19.8 Å². The first kappa shape index (κ1) is 16.3. The molecule has 0 aliphatic heterocycles. The van der Waals surface area contributed by atoms with Gasteiger partial charge in [0, 0.05) is 6.20 Å². The van der Waals surface area contributed by atoms with Crippen molar-refractivity contribution in [1.29, 1.82) is 0 Å². The van der Waals surface area contributed by atoms with Crippen LogP contribution in [-0.4, -0.2) is 31.5 Å². The lowest BCUT2D eigenvalue weighted by Crippen LogP contribution is -2.00. The van der Waals surface area contributed by atoms with Crippen LogP contribution in [0.4, 0.5) is 11.5 Å². The number of hydrogen-bond acceptors (Lipinski definition) is 5. The number of pyridine rings is 1. The van der Waals surface area contributed by atoms with E-state index in [0.29, 0.717) is 17.2 Å². The molecule has 8 nitrogen and oxygen atoms in total. The van der Waals surface area contributed by atoms with Gasteiger partial charge in [0.25, 0.3) is 0 Å². The highest BCUT2D eigenvalue weighted by Crippen LogP contribution is 2.25. The van der Waals surface area contributed by atoms with Crippen LogP contribution in [0.1, 0.15) is 21.6 Å². The van der Waals surface area contributed by atoms with E-state index in [0.717, 1.165) is 5.56 Å². The number of hydrogen-bond donors (Lipinski definition) is 2. The molecule has 3 rings (SSSR count). The Morgan fingerprint density at radius 1 is 1.16 bits per heavy atom. The van der Waals surface area contributed by atoms with Gasteiger partial charge in [-0.1, -0.05) is 12.1 Å². The van der Waals surface area contributed by atoms with Crippen molar-refractivity contribution in [3.05, 3.63) is 59.4 Å². The normalized spacial score (nSPS) is 11.2. The van der Waals surface area contributed by atoms with Gasteiger partial charge >= 0.3 is 11.9 Å². The number of imidazole rings is 1. The summed E-state index contributed by atoms with van der Waals surface area (Å²) in [6.45, 7) is 1.90. The average Bonchev–Trinajstić information content (AvgIpc) is 2.89. The lowest BCUT2D eigenvalue weighted by atomic mass is 10.2. The summed E-state index contributed by atoms with van der Waals surface area (Å²) in [6.07, 6.45) is 1.50. The molecule has 0 unspecified atom stereocenters. The molecular weight excluding hydrogens is 324 g/mol. The molecule has 0 radical (unpaired) electrons. The van der Waals surface area contributed by atoms with E-state index in [9.17, 15) is 9.59 Å². The first-order valence-corrected chi connectivity index (χ1v) is 7.38. The average molecular weight is 338 g/mol. The lowest BCUT2D eigenvalue weighted by Gasteiger charge is -1.99. The maximum Gasteiger partial charge on any atom is 0.335 e. The Kier molecular flexibility index (Phi) is 4.25. The summed E-state index contributed by atoms with van der Waals surface area (Å²) in [5.74, 6) is -1.78. The topological polar surface area (TPSA) is 117 Å². The third-order valence-corrected chi connectivity index (χ3v) is 3.48. The maximum atomic E-state index is 11.1. The van der Waals surface area contributed by atoms with Crippen LogP contribution in [0.2, 0.25) is 0 Å². The summed E-state index contributed by atoms with van der Waals surface area (Å²) >= 11 is 0. The van der Waals surface area contributed by atoms with Crippen molar-refractivity contribution in [2.24, 2.45) is 10.2 Å². The van der Waals surface area contributed by atoms with Crippen molar-refractivity contribution in [3.8, 4) is 0 Å². The molecule has 2 N–H and O–H groups in total. The summed E-state index contributed by atoms with van der Waals surface area (Å²) < 4.78 is 1.66. The quantitative estimate of drug-likeness (QED) is 0.692. The summed E-state index contributed by atoms with van der Waals surface area (Å²) in [7, 11) is 0. The van der Waals surface area contributed by atoms with Gasteiger partial charge in [0.05, 0.1) is 23.4 Å². The Morgan fingerprint density at radius 2 is 1.96 bits per heavy atom. The fourth-order valence-corrected chi connectivity index (χ4v) is 2.36. The molecule has 2 aromatic heterocycles. The van der Waals surface area contributed by atoms with Crippen molar-refractivity contribution >= 4 is 29.1 Å². The van der Waals surface area contributed by atoms with Crippen LogP contribution in [0, 0.1) is 6.92 Å². The molecule has 0 atom stereocenters. The molecule has 1 aromatic carbocycles. The van der Waals surface area contributed by atoms with Crippen molar-refractivity contribution in [2.75, 3.05) is 0 Å². The number of carbonyl (C=O) groups is 2. The molecule has 0 saturated heterocycles. The van der Waals surface area contributed by atoms with Gasteiger partial charge in [-0.05, 0) is 36.8 Å². The van der Waals surface area contributed by atoms with E-state index in [4.69, 9.17) is 10.2 Å². The molecule has 0 saturated carbocycles. The van der Waals surface area contributed by atoms with E-state index in [-0.39, 0.29) is 17.7 Å². The number of aliphatic carboxylic acids is 1. The zero-order chi connectivity index (χ0) is 18.0. The highest BCUT2D eigenvalue weighted by atomic mass is 16.4. The SMILES string of the molecule is Cc1ccc2nc(CC(=O)O)c(N=Nc3cccc(C(=O)O)c3)n2c1. The van der Waals surface area contributed by atoms with Gasteiger partial charge in [0.1, 0.15) is 5.65 Å². The summed E-state index contributed by atoms with van der Waals surface area (Å²) in [5.41, 5.74) is 2.25. The summed E-state index contributed by atoms with van der Waals surface area (Å²) in [4.78, 5) is 26.4. The smallest absolute Gasteiger partial charge is 0.335 e. The number of aromatic carboxylic acids is 1. The van der Waals surface area contributed by atoms with Crippen molar-refractivity contribution in [3.63, 3.8) is 0 Å². The predicted octanol–water partition coefficient (Wildman–Crippen LogP) is 3.38. The number of aryl methyl sites for hydroxylation is 1. The maximum absolute atomic E-state index is 11.1. The van der Waals surface area contributed by atoms with Crippen LogP contribution in [0.15, 0.2) is 52.8 Å². The Balaban J connectivity index is 2.07. The molecule has 2 heterocycles. The second-order valence-electron chi connectivity index (χ2n) is 5.44. The van der Waals surface area contributed by atoms with Gasteiger partial charge in [-0.15, -0.1) is 10.2 Å². The van der Waals surface area contributed by atoms with Crippen LogP contribution in [0.3, 0.4) is 0 Å². The van der Waals surface area contributed by atoms with E-state index in [1.165, 1.54) is 12.1 Å². The zero-order valence-electron chi connectivity index (χ0n) is 13.2. The standard InChI is InChI=1S/C17H14N4O4/c1-10-5-6-14-18-13(8-15(22)23)16(21(14)9-10)20-19-12-4-2-3-11(7-12)17(24)25/h2-7,9H,8H2,1H3,(H,22,23)(H,24,25). The Morgan fingerprint density at radius 3 is 2.68 bits per heavy atom. The minimum atomic E-state index is -1.06. The Hall–Kier alpha value is -3.55. The third kappa shape index (κ3) is 3.52. The van der Waals surface area contributed by atoms with Gasteiger partial charge < -0.3 is 10.2 Å². The largest absolute Gasteiger partial charge is 0.481 e. The van der Waals surface area contributed by atoms with Crippen molar-refractivity contribution in [1.82, 2.24) is 9.38 Å². The molecule has 126 valence electrons. The number of rotatable bonds is 5. The number of carboxylic acids is 2. The van der Waals surface area contributed by atoms with Gasteiger partial charge in [-0.25, -0.2) is 9.78 Å². The molecule has 0 amide bonds. The number of aromatic nitrogens is 2. The van der Waals surface area contributed by atoms with Gasteiger partial charge in [-0.2, -0.15) is 0 Å². The predicted molar refractivity (Wildman–Crippen MR) is 88.8 cm³/mol. The fourth-order valence-electron chi connectivity index (χ4n) is 2.36. The lowest BCUT2D eigenvalue weighted by molar-refractivity contribution is -0.136. The number of fused-ring (bicyclic) bond motifs is 1. The van der Waals surface area contributed by atoms with Crippen LogP contribution >= 0.6 is 0 Å². The van der Waals surface area contributed by atoms with Crippen LogP contribution in [-0.2, 0) is 11.2 Å². The summed E-state index contributed by atoms with van der Waals surface area (Å²) in [6, 6.07) is 9.65. The van der Waals surface area contributed by atoms with Crippen molar-refractivity contribution in [2.45, 2.75) is 13.3 Å². The second kappa shape index (κ2) is 6.52. The molecule has 3 aromatic rings. The number of nitrogens with zero attached hydrogens (tertiary/aromatic N) is 4. The monoisotopic (exact) mass is 338 g/mol. The second-order valence-corrected chi connectivity index (χ2v) is 5.44. The van der Waals surface area contributed by atoms with Crippen LogP contribution < -0.4 is 0 Å². The van der Waals surface area contributed by atoms with Crippen LogP contribution in [0.25, 0.3) is 5.65 Å². The molecule has 0 spiro atoms. The minimum Gasteiger partial charge on any atom is -0.481 e. The Bertz CT molecular complexity index is 1010. The van der Waals surface area contributed by atoms with E-state index in [1.807, 2.05) is 13.0 Å². The Labute approximate surface area is 142 Å². The molecule has 0 aliphatic carbocycles. The first-order valence-electron chi connectivity index (χ1n) is 7.38. The van der Waals surface area contributed by atoms with Gasteiger partial charge in [-0.3, -0.25) is 9.20 Å².